The molecule has 3 aromatic heterocycles. The van der Waals surface area contributed by atoms with Crippen LogP contribution in [0.5, 0.6) is 0 Å². The van der Waals surface area contributed by atoms with Crippen LogP contribution in [0.15, 0.2) is 35.0 Å². The normalized spacial score (nSPS) is 14.3. The average Bonchev–Trinajstić information content (AvgIpc) is 3.31. The summed E-state index contributed by atoms with van der Waals surface area (Å²) in [6.07, 6.45) is 4.09. The summed E-state index contributed by atoms with van der Waals surface area (Å²) in [4.78, 5) is 8.35. The van der Waals surface area contributed by atoms with Crippen molar-refractivity contribution in [1.82, 2.24) is 25.3 Å². The molecule has 1 fully saturated rings. The van der Waals surface area contributed by atoms with Gasteiger partial charge in [-0.1, -0.05) is 5.16 Å². The zero-order chi connectivity index (χ0) is 17.0. The molecule has 6 heteroatoms. The van der Waals surface area contributed by atoms with Gasteiger partial charge in [-0.2, -0.15) is 10.2 Å². The van der Waals surface area contributed by atoms with Gasteiger partial charge in [0.2, 0.25) is 0 Å². The number of hydrogen-bond acceptors (Lipinski definition) is 5. The number of fused-ring (bicyclic) bond motifs is 1. The number of imidazole rings is 1. The summed E-state index contributed by atoms with van der Waals surface area (Å²) >= 11 is 0. The van der Waals surface area contributed by atoms with Gasteiger partial charge in [0.1, 0.15) is 11.6 Å². The number of H-pyrrole nitrogens is 1. The quantitative estimate of drug-likeness (QED) is 0.609. The van der Waals surface area contributed by atoms with Crippen LogP contribution >= 0.6 is 0 Å². The number of rotatable bonds is 3. The van der Waals surface area contributed by atoms with Crippen LogP contribution in [0.1, 0.15) is 36.0 Å². The predicted octanol–water partition coefficient (Wildman–Crippen LogP) is 4.17. The minimum absolute atomic E-state index is 0.560. The van der Waals surface area contributed by atoms with Gasteiger partial charge in [-0.05, 0) is 56.5 Å². The lowest BCUT2D eigenvalue weighted by atomic mass is 9.99. The third-order valence-corrected chi connectivity index (χ3v) is 4.74. The number of nitrogens with zero attached hydrogens (tertiary/aromatic N) is 4. The van der Waals surface area contributed by atoms with Gasteiger partial charge < -0.3 is 9.51 Å². The molecule has 25 heavy (non-hydrogen) atoms. The fraction of sp³-hybridized carbons (Fsp3) is 0.263. The SMILES string of the molecule is Cc1noc(C)c1-c1cc(-c2cccnn2)c2nc(C3CC3)[nH]c2c1. The van der Waals surface area contributed by atoms with E-state index in [2.05, 4.69) is 32.5 Å². The van der Waals surface area contributed by atoms with Gasteiger partial charge >= 0.3 is 0 Å². The van der Waals surface area contributed by atoms with Crippen molar-refractivity contribution < 1.29 is 4.52 Å². The van der Waals surface area contributed by atoms with Crippen LogP contribution in [0.2, 0.25) is 0 Å². The summed E-state index contributed by atoms with van der Waals surface area (Å²) in [7, 11) is 0. The molecule has 1 aliphatic rings. The molecule has 6 nitrogen and oxygen atoms in total. The molecule has 0 aliphatic heterocycles. The number of aryl methyl sites for hydroxylation is 2. The summed E-state index contributed by atoms with van der Waals surface area (Å²) < 4.78 is 5.36. The van der Waals surface area contributed by atoms with E-state index in [1.165, 1.54) is 12.8 Å². The molecule has 0 amide bonds. The third-order valence-electron chi connectivity index (χ3n) is 4.74. The largest absolute Gasteiger partial charge is 0.361 e. The van der Waals surface area contributed by atoms with Gasteiger partial charge in [0.05, 0.1) is 22.4 Å². The first-order chi connectivity index (χ1) is 12.2. The molecule has 1 saturated carbocycles. The standard InChI is InChI=1S/C19H17N5O/c1-10-17(11(2)25-24-10)13-8-14(15-4-3-7-20-23-15)18-16(9-13)21-19(22-18)12-5-6-12/h3-4,7-9,12H,5-6H2,1-2H3,(H,21,22). The lowest BCUT2D eigenvalue weighted by Gasteiger charge is -2.06. The number of aromatic amines is 1. The van der Waals surface area contributed by atoms with Gasteiger partial charge in [-0.3, -0.25) is 0 Å². The molecule has 4 aromatic rings. The van der Waals surface area contributed by atoms with Crippen molar-refractivity contribution in [3.8, 4) is 22.4 Å². The number of aromatic nitrogens is 5. The highest BCUT2D eigenvalue weighted by Gasteiger charge is 2.28. The predicted molar refractivity (Wildman–Crippen MR) is 94.1 cm³/mol. The van der Waals surface area contributed by atoms with Crippen molar-refractivity contribution in [3.05, 3.63) is 47.7 Å². The van der Waals surface area contributed by atoms with Crippen LogP contribution in [-0.2, 0) is 0 Å². The minimum atomic E-state index is 0.560. The fourth-order valence-corrected chi connectivity index (χ4v) is 3.37. The van der Waals surface area contributed by atoms with Gasteiger partial charge in [-0.25, -0.2) is 4.98 Å². The van der Waals surface area contributed by atoms with Crippen molar-refractivity contribution in [3.63, 3.8) is 0 Å². The summed E-state index contributed by atoms with van der Waals surface area (Å²) in [5, 5.41) is 12.4. The van der Waals surface area contributed by atoms with E-state index >= 15 is 0 Å². The van der Waals surface area contributed by atoms with E-state index in [0.29, 0.717) is 5.92 Å². The second-order valence-electron chi connectivity index (χ2n) is 6.62. The Morgan fingerprint density at radius 2 is 2.08 bits per heavy atom. The molecule has 0 spiro atoms. The van der Waals surface area contributed by atoms with Crippen LogP contribution in [0, 0.1) is 13.8 Å². The zero-order valence-electron chi connectivity index (χ0n) is 14.1. The zero-order valence-corrected chi connectivity index (χ0v) is 14.1. The lowest BCUT2D eigenvalue weighted by Crippen LogP contribution is -1.90. The van der Waals surface area contributed by atoms with Crippen LogP contribution < -0.4 is 0 Å². The molecule has 1 aliphatic carbocycles. The van der Waals surface area contributed by atoms with E-state index in [9.17, 15) is 0 Å². The monoisotopic (exact) mass is 331 g/mol. The smallest absolute Gasteiger partial charge is 0.141 e. The Labute approximate surface area is 144 Å². The molecule has 3 heterocycles. The van der Waals surface area contributed by atoms with E-state index in [-0.39, 0.29) is 0 Å². The van der Waals surface area contributed by atoms with Crippen molar-refractivity contribution in [2.24, 2.45) is 0 Å². The van der Waals surface area contributed by atoms with Gasteiger partial charge in [0, 0.05) is 23.2 Å². The highest BCUT2D eigenvalue weighted by Crippen LogP contribution is 2.41. The van der Waals surface area contributed by atoms with Gasteiger partial charge in [0.25, 0.3) is 0 Å². The molecule has 0 radical (unpaired) electrons. The number of hydrogen-bond donors (Lipinski definition) is 1. The molecule has 0 bridgehead atoms. The lowest BCUT2D eigenvalue weighted by molar-refractivity contribution is 0.393. The van der Waals surface area contributed by atoms with Crippen LogP contribution in [0.25, 0.3) is 33.4 Å². The third kappa shape index (κ3) is 2.33. The molecular formula is C19H17N5O. The Bertz CT molecular complexity index is 1060. The first-order valence-electron chi connectivity index (χ1n) is 8.45. The maximum absolute atomic E-state index is 5.36. The summed E-state index contributed by atoms with van der Waals surface area (Å²) in [6.45, 7) is 3.89. The summed E-state index contributed by atoms with van der Waals surface area (Å²) in [5.74, 6) is 2.43. The molecular weight excluding hydrogens is 314 g/mol. The van der Waals surface area contributed by atoms with E-state index in [1.807, 2.05) is 26.0 Å². The molecule has 124 valence electrons. The number of benzene rings is 1. The van der Waals surface area contributed by atoms with E-state index in [1.54, 1.807) is 6.20 Å². The Hall–Kier alpha value is -3.02. The Morgan fingerprint density at radius 3 is 2.76 bits per heavy atom. The maximum atomic E-state index is 5.36. The molecule has 0 unspecified atom stereocenters. The minimum Gasteiger partial charge on any atom is -0.361 e. The molecule has 0 saturated heterocycles. The molecule has 1 aromatic carbocycles. The van der Waals surface area contributed by atoms with Crippen molar-refractivity contribution in [2.45, 2.75) is 32.6 Å². The summed E-state index contributed by atoms with van der Waals surface area (Å²) in [5.41, 5.74) is 6.70. The second-order valence-corrected chi connectivity index (χ2v) is 6.62. The summed E-state index contributed by atoms with van der Waals surface area (Å²) in [6, 6.07) is 8.09. The maximum Gasteiger partial charge on any atom is 0.141 e. The van der Waals surface area contributed by atoms with Gasteiger partial charge in [0.15, 0.2) is 0 Å². The first kappa shape index (κ1) is 14.3. The molecule has 0 atom stereocenters. The van der Waals surface area contributed by atoms with Crippen molar-refractivity contribution in [1.29, 1.82) is 0 Å². The van der Waals surface area contributed by atoms with E-state index in [0.717, 1.165) is 50.7 Å². The van der Waals surface area contributed by atoms with Crippen molar-refractivity contribution in [2.75, 3.05) is 0 Å². The van der Waals surface area contributed by atoms with E-state index in [4.69, 9.17) is 9.51 Å². The Morgan fingerprint density at radius 1 is 1.20 bits per heavy atom. The van der Waals surface area contributed by atoms with Crippen molar-refractivity contribution >= 4 is 11.0 Å². The van der Waals surface area contributed by atoms with Crippen LogP contribution in [-0.4, -0.2) is 25.3 Å². The Balaban J connectivity index is 1.80. The van der Waals surface area contributed by atoms with Crippen LogP contribution in [0.4, 0.5) is 0 Å². The Kier molecular flexibility index (Phi) is 3.00. The highest BCUT2D eigenvalue weighted by molar-refractivity contribution is 5.95. The molecule has 1 N–H and O–H groups in total. The van der Waals surface area contributed by atoms with Crippen LogP contribution in [0.3, 0.4) is 0 Å². The van der Waals surface area contributed by atoms with Gasteiger partial charge in [-0.15, -0.1) is 0 Å². The first-order valence-corrected chi connectivity index (χ1v) is 8.45. The average molecular weight is 331 g/mol. The number of nitrogens with one attached hydrogen (secondary N) is 1. The topological polar surface area (TPSA) is 80.5 Å². The van der Waals surface area contributed by atoms with E-state index < -0.39 is 0 Å². The second kappa shape index (κ2) is 5.24. The highest BCUT2D eigenvalue weighted by atomic mass is 16.5. The fourth-order valence-electron chi connectivity index (χ4n) is 3.37. The molecule has 5 rings (SSSR count).